The number of nitriles is 3. The molecule has 3 unspecified atom stereocenters. The summed E-state index contributed by atoms with van der Waals surface area (Å²) in [5.41, 5.74) is 12.5. The second-order valence-electron chi connectivity index (χ2n) is 18.8. The van der Waals surface area contributed by atoms with E-state index in [0.717, 1.165) is 72.8 Å². The van der Waals surface area contributed by atoms with E-state index < -0.39 is 16.8 Å². The van der Waals surface area contributed by atoms with E-state index in [4.69, 9.17) is 15.3 Å². The van der Waals surface area contributed by atoms with Crippen LogP contribution in [0.1, 0.15) is 188 Å². The van der Waals surface area contributed by atoms with Gasteiger partial charge in [0.15, 0.2) is 5.78 Å². The Morgan fingerprint density at radius 2 is 1.05 bits per heavy atom. The topological polar surface area (TPSA) is 173 Å². The lowest BCUT2D eigenvalue weighted by atomic mass is 9.80. The van der Waals surface area contributed by atoms with Crippen LogP contribution in [0.4, 0.5) is 0 Å². The minimum atomic E-state index is -0.548. The standard InChI is InChI=1S/C14H13NO2.C12H10N2.C12H11NO2.C12H15N.C9H8O.5C2H6.I2/c1-2-17-14(16)13(9-15)12-8-7-10-5-3-4-6-11(10)12;13-8-7-12(9-14)6-5-10-3-1-2-4-11(10)12;14-10-7-12(11(15)13-10)6-5-8-3-1-2-4-9(8)12;1-2-4-11-10(3-1)5-6-12(11)7-8-13-9-12;10-9-6-5-7-3-1-2-4-8(7)9;6*1-2/h3-6H,2,7-8H2,1H3;1-4H,5-7H2;1-4H,5-7H2,(H,13,14,15);1-4,13H,5-9H2;1-4H,5-6H2;5*1-2H3;/b13-12+;;;;;;;;;;. The van der Waals surface area contributed by atoms with Crippen molar-refractivity contribution in [3.05, 3.63) is 183 Å². The smallest absolute Gasteiger partial charge is 0.349 e. The van der Waals surface area contributed by atoms with Crippen molar-refractivity contribution in [1.29, 1.82) is 15.8 Å². The van der Waals surface area contributed by atoms with Crippen LogP contribution in [-0.2, 0) is 67.5 Å². The number of ketones is 1. The van der Waals surface area contributed by atoms with Gasteiger partial charge in [-0.25, -0.2) is 4.79 Å². The molecule has 2 aliphatic heterocycles. The Morgan fingerprint density at radius 3 is 1.57 bits per heavy atom. The Bertz CT molecular complexity index is 2960. The number of nitrogens with zero attached hydrogens (tertiary/aromatic N) is 3. The maximum atomic E-state index is 11.8. The molecule has 2 spiro atoms. The van der Waals surface area contributed by atoms with Crippen LogP contribution in [0, 0.1) is 34.0 Å². The van der Waals surface area contributed by atoms with Crippen LogP contribution < -0.4 is 10.6 Å². The summed E-state index contributed by atoms with van der Waals surface area (Å²) >= 11 is 4.24. The molecule has 7 aliphatic rings. The second kappa shape index (κ2) is 37.9. The van der Waals surface area contributed by atoms with Gasteiger partial charge in [0.1, 0.15) is 11.6 Å². The third-order valence-electron chi connectivity index (χ3n) is 15.0. The van der Waals surface area contributed by atoms with Gasteiger partial charge >= 0.3 is 5.97 Å². The van der Waals surface area contributed by atoms with E-state index in [1.807, 2.05) is 172 Å². The summed E-state index contributed by atoms with van der Waals surface area (Å²) in [4.78, 5) is 45.9. The number of imide groups is 1. The minimum absolute atomic E-state index is 0.113. The fraction of sp³-hybridized carbons (Fsp3) is 0.435. The number of amides is 2. The SMILES string of the molecule is CC.CC.CC.CC.CC.CCOC(=O)/C(C#N)=C1\CCc2ccccc21.II.N#CCC1(C#N)CCc2ccccc21.O=C1CC2(CCc3ccccc32)C(=O)N1.O=C1CCc2ccccc21.c1ccc2c(c1)CCC21CCNC1. The molecule has 2 heterocycles. The van der Waals surface area contributed by atoms with E-state index in [-0.39, 0.29) is 17.4 Å². The van der Waals surface area contributed by atoms with Gasteiger partial charge in [-0.1, -0.05) is 191 Å². The summed E-state index contributed by atoms with van der Waals surface area (Å²) < 4.78 is 4.90. The molecule has 5 aromatic rings. The van der Waals surface area contributed by atoms with E-state index in [0.29, 0.717) is 37.1 Å². The molecule has 2 fully saturated rings. The van der Waals surface area contributed by atoms with Crippen molar-refractivity contribution in [2.45, 2.75) is 176 Å². The normalized spacial score (nSPS) is 20.0. The molecule has 2 saturated heterocycles. The summed E-state index contributed by atoms with van der Waals surface area (Å²) in [5, 5.41) is 32.9. The van der Waals surface area contributed by atoms with Crippen molar-refractivity contribution in [3.63, 3.8) is 0 Å². The van der Waals surface area contributed by atoms with Crippen molar-refractivity contribution in [2.24, 2.45) is 0 Å². The van der Waals surface area contributed by atoms with Gasteiger partial charge in [0.2, 0.25) is 11.8 Å². The quantitative estimate of drug-likeness (QED) is 0.0586. The number of hydrogen-bond acceptors (Lipinski definition) is 9. The van der Waals surface area contributed by atoms with Crippen molar-refractivity contribution in [2.75, 3.05) is 19.7 Å². The zero-order valence-corrected chi connectivity index (χ0v) is 54.3. The first kappa shape index (κ1) is 71.1. The number of esters is 1. The molecule has 12 rings (SSSR count). The van der Waals surface area contributed by atoms with E-state index in [1.165, 1.54) is 54.6 Å². The molecule has 10 nitrogen and oxygen atoms in total. The number of Topliss-reactive ketones (excluding diaryl/α,β-unsaturated/α-hetero) is 1. The summed E-state index contributed by atoms with van der Waals surface area (Å²) in [6.07, 6.45) is 11.3. The molecule has 0 radical (unpaired) electrons. The molecule has 2 amide bonds. The molecule has 0 aromatic heterocycles. The summed E-state index contributed by atoms with van der Waals surface area (Å²) in [6.45, 7) is 24.4. The number of nitrogens with one attached hydrogen (secondary N) is 2. The number of aryl methyl sites for hydroxylation is 5. The Kier molecular flexibility index (Phi) is 33.3. The first-order valence-electron chi connectivity index (χ1n) is 29.3. The molecule has 2 N–H and O–H groups in total. The van der Waals surface area contributed by atoms with Gasteiger partial charge in [-0.15, -0.1) is 0 Å². The Morgan fingerprint density at radius 1 is 0.568 bits per heavy atom. The number of halogens is 2. The van der Waals surface area contributed by atoms with Crippen LogP contribution in [0.3, 0.4) is 0 Å². The van der Waals surface area contributed by atoms with Crippen LogP contribution in [0.15, 0.2) is 127 Å². The highest BCUT2D eigenvalue weighted by molar-refractivity contribution is 15.0. The van der Waals surface area contributed by atoms with E-state index in [1.54, 1.807) is 18.1 Å². The molecule has 0 bridgehead atoms. The first-order chi connectivity index (χ1) is 39.6. The number of benzene rings is 5. The molecular weight excluding hydrogens is 1230 g/mol. The van der Waals surface area contributed by atoms with Gasteiger partial charge in [0.25, 0.3) is 0 Å². The van der Waals surface area contributed by atoms with Crippen molar-refractivity contribution >= 4 is 66.4 Å². The second-order valence-corrected chi connectivity index (χ2v) is 18.8. The molecule has 432 valence electrons. The predicted octanol–water partition coefficient (Wildman–Crippen LogP) is 16.3. The largest absolute Gasteiger partial charge is 0.462 e. The number of allylic oxidation sites excluding steroid dienone is 1. The molecule has 0 saturated carbocycles. The van der Waals surface area contributed by atoms with Crippen molar-refractivity contribution in [1.82, 2.24) is 10.6 Å². The lowest BCUT2D eigenvalue weighted by Gasteiger charge is -2.23. The first-order valence-corrected chi connectivity index (χ1v) is 35.6. The van der Waals surface area contributed by atoms with Crippen LogP contribution >= 0.6 is 37.2 Å². The average molecular weight is 1320 g/mol. The number of hydrogen-bond donors (Lipinski definition) is 2. The van der Waals surface area contributed by atoms with Crippen molar-refractivity contribution < 1.29 is 23.9 Å². The number of ether oxygens (including phenoxy) is 1. The molecule has 5 aromatic carbocycles. The summed E-state index contributed by atoms with van der Waals surface area (Å²) in [7, 11) is 0. The molecular formula is C69H87I2N5O5. The van der Waals surface area contributed by atoms with E-state index >= 15 is 0 Å². The highest BCUT2D eigenvalue weighted by Crippen LogP contribution is 2.45. The average Bonchev–Trinajstić information content (AvgIpc) is 4.53. The third kappa shape index (κ3) is 17.8. The van der Waals surface area contributed by atoms with Crippen LogP contribution in [-0.4, -0.2) is 43.3 Å². The fourth-order valence-electron chi connectivity index (χ4n) is 11.4. The zero-order chi connectivity index (χ0) is 60.4. The molecule has 12 heteroatoms. The summed E-state index contributed by atoms with van der Waals surface area (Å²) in [6, 6.07) is 47.0. The monoisotopic (exact) mass is 1320 g/mol. The molecule has 81 heavy (non-hydrogen) atoms. The minimum Gasteiger partial charge on any atom is -0.462 e. The Hall–Kier alpha value is -5.99. The maximum absolute atomic E-state index is 11.8. The maximum Gasteiger partial charge on any atom is 0.349 e. The van der Waals surface area contributed by atoms with Gasteiger partial charge in [0.05, 0.1) is 36.0 Å². The number of carbonyl (C=O) groups excluding carboxylic acids is 4. The number of rotatable bonds is 3. The van der Waals surface area contributed by atoms with Crippen molar-refractivity contribution in [3.8, 4) is 18.2 Å². The lowest BCUT2D eigenvalue weighted by molar-refractivity contribution is -0.138. The summed E-state index contributed by atoms with van der Waals surface area (Å²) in [5.74, 6) is -0.466. The fourth-order valence-corrected chi connectivity index (χ4v) is 11.4. The van der Waals surface area contributed by atoms with E-state index in [9.17, 15) is 24.4 Å². The highest BCUT2D eigenvalue weighted by atomic mass is 128. The van der Waals surface area contributed by atoms with Crippen LogP contribution in [0.2, 0.25) is 0 Å². The van der Waals surface area contributed by atoms with Crippen LogP contribution in [0.5, 0.6) is 0 Å². The van der Waals surface area contributed by atoms with Gasteiger partial charge in [-0.3, -0.25) is 19.7 Å². The Labute approximate surface area is 509 Å². The third-order valence-corrected chi connectivity index (χ3v) is 15.0. The van der Waals surface area contributed by atoms with Gasteiger partial charge in [-0.05, 0) is 133 Å². The van der Waals surface area contributed by atoms with E-state index in [2.05, 4.69) is 84.3 Å². The van der Waals surface area contributed by atoms with Crippen LogP contribution in [0.25, 0.3) is 5.57 Å². The zero-order valence-electron chi connectivity index (χ0n) is 50.0. The molecule has 3 atom stereocenters. The Balaban J connectivity index is 0.000000332. The number of carbonyl (C=O) groups is 4. The highest BCUT2D eigenvalue weighted by Gasteiger charge is 2.51. The number of fused-ring (bicyclic) bond motifs is 7. The lowest BCUT2D eigenvalue weighted by Crippen LogP contribution is -2.33. The van der Waals surface area contributed by atoms with Gasteiger partial charge in [-0.2, -0.15) is 15.8 Å². The molecule has 5 aliphatic carbocycles. The van der Waals surface area contributed by atoms with Gasteiger partial charge in [0, 0.05) is 67.6 Å². The van der Waals surface area contributed by atoms with Gasteiger partial charge < -0.3 is 10.1 Å². The predicted molar refractivity (Wildman–Crippen MR) is 348 cm³/mol.